The minimum absolute atomic E-state index is 0.0344. The molecule has 102 valence electrons. The molecule has 0 atom stereocenters. The summed E-state index contributed by atoms with van der Waals surface area (Å²) in [7, 11) is 0. The minimum Gasteiger partial charge on any atom is -0.326 e. The molecule has 1 aromatic heterocycles. The van der Waals surface area contributed by atoms with Crippen LogP contribution in [0.5, 0.6) is 0 Å². The molecule has 0 bridgehead atoms. The molecule has 1 aromatic carbocycles. The van der Waals surface area contributed by atoms with Gasteiger partial charge in [-0.05, 0) is 36.2 Å². The van der Waals surface area contributed by atoms with Crippen LogP contribution in [-0.2, 0) is 11.3 Å². The van der Waals surface area contributed by atoms with E-state index in [0.29, 0.717) is 6.54 Å². The Hall–Kier alpha value is -2.40. The largest absolute Gasteiger partial charge is 0.326 e. The molecule has 1 aliphatic rings. The van der Waals surface area contributed by atoms with Gasteiger partial charge >= 0.3 is 0 Å². The van der Waals surface area contributed by atoms with Gasteiger partial charge in [-0.3, -0.25) is 4.79 Å². The van der Waals surface area contributed by atoms with Gasteiger partial charge in [-0.15, -0.1) is 0 Å². The van der Waals surface area contributed by atoms with Crippen LogP contribution in [0.1, 0.15) is 11.1 Å². The Bertz CT molecular complexity index is 669. The second-order valence-electron chi connectivity index (χ2n) is 4.84. The Balaban J connectivity index is 2.08. The van der Waals surface area contributed by atoms with Crippen molar-refractivity contribution in [1.82, 2.24) is 4.98 Å². The summed E-state index contributed by atoms with van der Waals surface area (Å²) in [6.45, 7) is 2.72. The van der Waals surface area contributed by atoms with Crippen molar-refractivity contribution in [3.8, 4) is 0 Å². The van der Waals surface area contributed by atoms with Crippen LogP contribution in [0.15, 0.2) is 36.5 Å². The number of carbonyl (C=O) groups excluding carboxylic acids is 1. The molecular weight excluding hydrogens is 252 g/mol. The fourth-order valence-corrected chi connectivity index (χ4v) is 2.44. The molecule has 5 heteroatoms. The predicted octanol–water partition coefficient (Wildman–Crippen LogP) is 1.94. The number of aryl methyl sites for hydroxylation is 1. The topological polar surface area (TPSA) is 71.2 Å². The van der Waals surface area contributed by atoms with E-state index in [1.54, 1.807) is 6.20 Å². The minimum atomic E-state index is -0.0344. The lowest BCUT2D eigenvalue weighted by atomic mass is 10.1. The van der Waals surface area contributed by atoms with E-state index in [1.807, 2.05) is 42.2 Å². The van der Waals surface area contributed by atoms with Gasteiger partial charge in [-0.1, -0.05) is 12.1 Å². The van der Waals surface area contributed by atoms with E-state index in [4.69, 9.17) is 5.73 Å². The number of hydrogen-bond donors (Lipinski definition) is 2. The highest BCUT2D eigenvalue weighted by molar-refractivity contribution is 6.03. The van der Waals surface area contributed by atoms with Crippen LogP contribution in [0.2, 0.25) is 0 Å². The molecular formula is C15H16N4O. The van der Waals surface area contributed by atoms with Gasteiger partial charge in [0.2, 0.25) is 5.91 Å². The summed E-state index contributed by atoms with van der Waals surface area (Å²) in [6, 6.07) is 9.74. The van der Waals surface area contributed by atoms with E-state index < -0.39 is 0 Å². The van der Waals surface area contributed by atoms with Crippen molar-refractivity contribution >= 4 is 23.1 Å². The summed E-state index contributed by atoms with van der Waals surface area (Å²) in [5.74, 6) is 0.761. The summed E-state index contributed by atoms with van der Waals surface area (Å²) < 4.78 is 0. The van der Waals surface area contributed by atoms with Crippen LogP contribution in [0.4, 0.5) is 17.2 Å². The third-order valence-electron chi connectivity index (χ3n) is 3.37. The number of pyridine rings is 1. The zero-order chi connectivity index (χ0) is 14.1. The maximum absolute atomic E-state index is 11.8. The normalized spacial score (nSPS) is 13.9. The van der Waals surface area contributed by atoms with Crippen molar-refractivity contribution in [2.45, 2.75) is 13.5 Å². The van der Waals surface area contributed by atoms with Crippen molar-refractivity contribution in [1.29, 1.82) is 0 Å². The molecule has 0 saturated carbocycles. The van der Waals surface area contributed by atoms with E-state index in [0.717, 1.165) is 28.3 Å². The molecule has 2 heterocycles. The van der Waals surface area contributed by atoms with Gasteiger partial charge in [0, 0.05) is 12.7 Å². The summed E-state index contributed by atoms with van der Waals surface area (Å²) in [5, 5.41) is 2.87. The van der Waals surface area contributed by atoms with Crippen LogP contribution in [-0.4, -0.2) is 17.4 Å². The smallest absolute Gasteiger partial charge is 0.244 e. The van der Waals surface area contributed by atoms with Gasteiger partial charge in [0.05, 0.1) is 11.4 Å². The molecule has 1 aliphatic heterocycles. The Morgan fingerprint density at radius 2 is 2.20 bits per heavy atom. The van der Waals surface area contributed by atoms with Crippen LogP contribution >= 0.6 is 0 Å². The number of carbonyl (C=O) groups is 1. The number of hydrogen-bond acceptors (Lipinski definition) is 4. The quantitative estimate of drug-likeness (QED) is 0.873. The molecule has 0 spiro atoms. The van der Waals surface area contributed by atoms with E-state index in [1.165, 1.54) is 0 Å². The summed E-state index contributed by atoms with van der Waals surface area (Å²) >= 11 is 0. The van der Waals surface area contributed by atoms with Crippen molar-refractivity contribution in [2.24, 2.45) is 5.73 Å². The second kappa shape index (κ2) is 4.94. The number of nitrogens with one attached hydrogen (secondary N) is 1. The summed E-state index contributed by atoms with van der Waals surface area (Å²) in [4.78, 5) is 18.2. The van der Waals surface area contributed by atoms with Crippen molar-refractivity contribution in [2.75, 3.05) is 16.8 Å². The van der Waals surface area contributed by atoms with E-state index in [2.05, 4.69) is 10.3 Å². The van der Waals surface area contributed by atoms with Crippen molar-refractivity contribution in [3.63, 3.8) is 0 Å². The van der Waals surface area contributed by atoms with Crippen molar-refractivity contribution < 1.29 is 4.79 Å². The second-order valence-corrected chi connectivity index (χ2v) is 4.84. The fourth-order valence-electron chi connectivity index (χ4n) is 2.44. The highest BCUT2D eigenvalue weighted by Gasteiger charge is 2.24. The number of fused-ring (bicyclic) bond motifs is 1. The van der Waals surface area contributed by atoms with Gasteiger partial charge in [0.1, 0.15) is 12.4 Å². The number of rotatable bonds is 2. The number of aromatic nitrogens is 1. The number of para-hydroxylation sites is 2. The number of anilines is 3. The monoisotopic (exact) mass is 268 g/mol. The summed E-state index contributed by atoms with van der Waals surface area (Å²) in [5.41, 5.74) is 9.40. The molecule has 0 saturated heterocycles. The van der Waals surface area contributed by atoms with Gasteiger partial charge in [0.15, 0.2) is 0 Å². The van der Waals surface area contributed by atoms with Crippen LogP contribution in [0, 0.1) is 6.92 Å². The van der Waals surface area contributed by atoms with Gasteiger partial charge < -0.3 is 16.0 Å². The van der Waals surface area contributed by atoms with Gasteiger partial charge in [0.25, 0.3) is 0 Å². The predicted molar refractivity (Wildman–Crippen MR) is 78.9 cm³/mol. The third kappa shape index (κ3) is 2.12. The molecule has 3 rings (SSSR count). The lowest BCUT2D eigenvalue weighted by molar-refractivity contribution is -0.115. The maximum atomic E-state index is 11.8. The Labute approximate surface area is 117 Å². The molecule has 1 amide bonds. The number of nitrogens with two attached hydrogens (primary N) is 1. The molecule has 0 aliphatic carbocycles. The lowest BCUT2D eigenvalue weighted by Crippen LogP contribution is -2.35. The van der Waals surface area contributed by atoms with Crippen LogP contribution in [0.25, 0.3) is 0 Å². The third-order valence-corrected chi connectivity index (χ3v) is 3.37. The average Bonchev–Trinajstić information content (AvgIpc) is 2.46. The lowest BCUT2D eigenvalue weighted by Gasteiger charge is -2.31. The molecule has 0 radical (unpaired) electrons. The first-order valence-electron chi connectivity index (χ1n) is 6.51. The van der Waals surface area contributed by atoms with Gasteiger partial charge in [-0.2, -0.15) is 0 Å². The maximum Gasteiger partial charge on any atom is 0.244 e. The number of amides is 1. The first-order valence-corrected chi connectivity index (χ1v) is 6.51. The fraction of sp³-hybridized carbons (Fsp3) is 0.200. The SMILES string of the molecule is Cc1cc(CN)cnc1N1CC(=O)Nc2ccccc21. The van der Waals surface area contributed by atoms with E-state index in [-0.39, 0.29) is 12.5 Å². The van der Waals surface area contributed by atoms with Crippen molar-refractivity contribution in [3.05, 3.63) is 47.7 Å². The van der Waals surface area contributed by atoms with Crippen LogP contribution in [0.3, 0.4) is 0 Å². The van der Waals surface area contributed by atoms with Gasteiger partial charge in [-0.25, -0.2) is 4.98 Å². The molecule has 20 heavy (non-hydrogen) atoms. The average molecular weight is 268 g/mol. The zero-order valence-corrected chi connectivity index (χ0v) is 11.3. The number of nitrogens with zero attached hydrogens (tertiary/aromatic N) is 2. The first kappa shape index (κ1) is 12.6. The van der Waals surface area contributed by atoms with Crippen LogP contribution < -0.4 is 16.0 Å². The molecule has 2 aromatic rings. The molecule has 3 N–H and O–H groups in total. The van der Waals surface area contributed by atoms with E-state index in [9.17, 15) is 4.79 Å². The standard InChI is InChI=1S/C15H16N4O/c1-10-6-11(7-16)8-17-15(10)19-9-14(20)18-12-4-2-3-5-13(12)19/h2-6,8H,7,9,16H2,1H3,(H,18,20). The summed E-state index contributed by atoms with van der Waals surface area (Å²) in [6.07, 6.45) is 1.76. The Kier molecular flexibility index (Phi) is 3.12. The highest BCUT2D eigenvalue weighted by atomic mass is 16.2. The highest BCUT2D eigenvalue weighted by Crippen LogP contribution is 2.35. The first-order chi connectivity index (χ1) is 9.69. The molecule has 0 unspecified atom stereocenters. The molecule has 5 nitrogen and oxygen atoms in total. The Morgan fingerprint density at radius 3 is 2.95 bits per heavy atom. The number of benzene rings is 1. The Morgan fingerprint density at radius 1 is 1.40 bits per heavy atom. The zero-order valence-electron chi connectivity index (χ0n) is 11.3. The van der Waals surface area contributed by atoms with E-state index >= 15 is 0 Å². The molecule has 0 fully saturated rings.